The lowest BCUT2D eigenvalue weighted by atomic mass is 10.1. The lowest BCUT2D eigenvalue weighted by Gasteiger charge is -2.07. The van der Waals surface area contributed by atoms with Crippen molar-refractivity contribution in [2.24, 2.45) is 0 Å². The number of rotatable bonds is 6. The second-order valence-corrected chi connectivity index (χ2v) is 6.69. The molecule has 0 fully saturated rings. The van der Waals surface area contributed by atoms with Crippen LogP contribution in [0.2, 0.25) is 0 Å². The first kappa shape index (κ1) is 20.2. The molecule has 1 heterocycles. The maximum Gasteiger partial charge on any atom is 0.343 e. The van der Waals surface area contributed by atoms with Crippen LogP contribution >= 0.6 is 0 Å². The van der Waals surface area contributed by atoms with Crippen LogP contribution in [0.4, 0.5) is 0 Å². The van der Waals surface area contributed by atoms with Gasteiger partial charge in [-0.05, 0) is 49.4 Å². The van der Waals surface area contributed by atoms with Crippen LogP contribution in [0.25, 0.3) is 6.08 Å². The number of para-hydroxylation sites is 1. The van der Waals surface area contributed by atoms with Crippen molar-refractivity contribution in [3.8, 4) is 23.0 Å². The van der Waals surface area contributed by atoms with E-state index in [9.17, 15) is 9.59 Å². The number of allylic oxidation sites excluding steroid dienone is 1. The van der Waals surface area contributed by atoms with E-state index in [4.69, 9.17) is 18.9 Å². The fourth-order valence-electron chi connectivity index (χ4n) is 3.17. The first-order valence-corrected chi connectivity index (χ1v) is 9.75. The lowest BCUT2D eigenvalue weighted by molar-refractivity contribution is 0.0734. The zero-order chi connectivity index (χ0) is 21.8. The second-order valence-electron chi connectivity index (χ2n) is 6.69. The van der Waals surface area contributed by atoms with Crippen LogP contribution in [0.5, 0.6) is 23.0 Å². The molecule has 0 N–H and O–H groups in total. The van der Waals surface area contributed by atoms with Crippen LogP contribution in [-0.4, -0.2) is 25.5 Å². The number of ketones is 1. The molecule has 0 saturated carbocycles. The van der Waals surface area contributed by atoms with Crippen LogP contribution < -0.4 is 18.9 Å². The van der Waals surface area contributed by atoms with Gasteiger partial charge in [0.15, 0.2) is 5.76 Å². The van der Waals surface area contributed by atoms with E-state index in [1.807, 2.05) is 31.2 Å². The Bertz CT molecular complexity index is 1180. The highest BCUT2D eigenvalue weighted by Crippen LogP contribution is 2.36. The van der Waals surface area contributed by atoms with Gasteiger partial charge in [-0.15, -0.1) is 0 Å². The molecule has 0 radical (unpaired) electrons. The molecule has 0 atom stereocenters. The molecular formula is C25H20O6. The van der Waals surface area contributed by atoms with Crippen molar-refractivity contribution in [3.05, 3.63) is 89.2 Å². The van der Waals surface area contributed by atoms with E-state index < -0.39 is 5.97 Å². The fourth-order valence-corrected chi connectivity index (χ4v) is 3.17. The predicted molar refractivity (Wildman–Crippen MR) is 115 cm³/mol. The summed E-state index contributed by atoms with van der Waals surface area (Å²) in [4.78, 5) is 25.2. The highest BCUT2D eigenvalue weighted by atomic mass is 16.5. The monoisotopic (exact) mass is 416 g/mol. The van der Waals surface area contributed by atoms with Crippen LogP contribution in [0.3, 0.4) is 0 Å². The highest BCUT2D eigenvalue weighted by Gasteiger charge is 2.28. The minimum Gasteiger partial charge on any atom is -0.497 e. The van der Waals surface area contributed by atoms with E-state index in [0.29, 0.717) is 35.0 Å². The van der Waals surface area contributed by atoms with E-state index >= 15 is 0 Å². The molecule has 0 spiro atoms. The first-order valence-electron chi connectivity index (χ1n) is 9.75. The summed E-state index contributed by atoms with van der Waals surface area (Å²) in [6, 6.07) is 18.7. The van der Waals surface area contributed by atoms with E-state index in [-0.39, 0.29) is 17.3 Å². The smallest absolute Gasteiger partial charge is 0.343 e. The second kappa shape index (κ2) is 8.75. The van der Waals surface area contributed by atoms with Crippen LogP contribution in [0.15, 0.2) is 72.5 Å². The summed E-state index contributed by atoms with van der Waals surface area (Å²) in [6.07, 6.45) is 1.65. The number of hydrogen-bond acceptors (Lipinski definition) is 6. The number of Topliss-reactive ketones (excluding diaryl/α,β-unsaturated/α-hetero) is 1. The summed E-state index contributed by atoms with van der Waals surface area (Å²) in [7, 11) is 1.52. The minimum absolute atomic E-state index is 0.179. The zero-order valence-corrected chi connectivity index (χ0v) is 17.1. The van der Waals surface area contributed by atoms with Crippen LogP contribution in [-0.2, 0) is 0 Å². The van der Waals surface area contributed by atoms with Gasteiger partial charge < -0.3 is 18.9 Å². The normalized spacial score (nSPS) is 13.5. The Morgan fingerprint density at radius 3 is 2.65 bits per heavy atom. The van der Waals surface area contributed by atoms with Crippen LogP contribution in [0.1, 0.15) is 33.2 Å². The maximum atomic E-state index is 12.7. The van der Waals surface area contributed by atoms with Gasteiger partial charge in [0, 0.05) is 11.6 Å². The molecule has 6 nitrogen and oxygen atoms in total. The Balaban J connectivity index is 1.55. The number of carbonyl (C=O) groups is 2. The maximum absolute atomic E-state index is 12.7. The zero-order valence-electron chi connectivity index (χ0n) is 17.1. The number of esters is 1. The summed E-state index contributed by atoms with van der Waals surface area (Å²) >= 11 is 0. The molecule has 0 amide bonds. The molecule has 0 unspecified atom stereocenters. The van der Waals surface area contributed by atoms with Gasteiger partial charge in [0.25, 0.3) is 0 Å². The Hall–Kier alpha value is -4.06. The van der Waals surface area contributed by atoms with Crippen molar-refractivity contribution in [1.29, 1.82) is 0 Å². The van der Waals surface area contributed by atoms with E-state index in [0.717, 1.165) is 5.56 Å². The molecule has 0 bridgehead atoms. The SMILES string of the molecule is CCOc1ccccc1/C=C1\Oc2cc(OC(=O)c3cccc(OC)c3)ccc2C1=O. The van der Waals surface area contributed by atoms with Crippen molar-refractivity contribution in [1.82, 2.24) is 0 Å². The molecule has 6 heteroatoms. The lowest BCUT2D eigenvalue weighted by Crippen LogP contribution is -2.08. The van der Waals surface area contributed by atoms with Crippen molar-refractivity contribution in [2.45, 2.75) is 6.92 Å². The van der Waals surface area contributed by atoms with Gasteiger partial charge in [-0.1, -0.05) is 24.3 Å². The summed E-state index contributed by atoms with van der Waals surface area (Å²) in [5.41, 5.74) is 1.50. The van der Waals surface area contributed by atoms with Crippen molar-refractivity contribution < 1.29 is 28.5 Å². The summed E-state index contributed by atoms with van der Waals surface area (Å²) < 4.78 is 21.9. The predicted octanol–water partition coefficient (Wildman–Crippen LogP) is 4.93. The van der Waals surface area contributed by atoms with Gasteiger partial charge in [0.2, 0.25) is 5.78 Å². The van der Waals surface area contributed by atoms with Crippen molar-refractivity contribution in [3.63, 3.8) is 0 Å². The number of carbonyl (C=O) groups excluding carboxylic acids is 2. The van der Waals surface area contributed by atoms with Crippen LogP contribution in [0, 0.1) is 0 Å². The van der Waals surface area contributed by atoms with E-state index in [2.05, 4.69) is 0 Å². The minimum atomic E-state index is -0.537. The number of ether oxygens (including phenoxy) is 4. The molecule has 1 aliphatic rings. The molecule has 0 saturated heterocycles. The van der Waals surface area contributed by atoms with Gasteiger partial charge in [-0.3, -0.25) is 4.79 Å². The quantitative estimate of drug-likeness (QED) is 0.322. The molecule has 3 aromatic carbocycles. The van der Waals surface area contributed by atoms with Gasteiger partial charge >= 0.3 is 5.97 Å². The molecule has 3 aromatic rings. The first-order chi connectivity index (χ1) is 15.1. The van der Waals surface area contributed by atoms with Crippen molar-refractivity contribution in [2.75, 3.05) is 13.7 Å². The third kappa shape index (κ3) is 4.28. The van der Waals surface area contributed by atoms with Gasteiger partial charge in [0.1, 0.15) is 23.0 Å². The largest absolute Gasteiger partial charge is 0.497 e. The van der Waals surface area contributed by atoms with Crippen molar-refractivity contribution >= 4 is 17.8 Å². The molecule has 31 heavy (non-hydrogen) atoms. The summed E-state index contributed by atoms with van der Waals surface area (Å²) in [5, 5.41) is 0. The third-order valence-corrected chi connectivity index (χ3v) is 4.66. The number of fused-ring (bicyclic) bond motifs is 1. The van der Waals surface area contributed by atoms with Gasteiger partial charge in [0.05, 0.1) is 24.8 Å². The number of methoxy groups -OCH3 is 1. The third-order valence-electron chi connectivity index (χ3n) is 4.66. The molecule has 0 aromatic heterocycles. The Morgan fingerprint density at radius 1 is 1.00 bits per heavy atom. The molecule has 0 aliphatic carbocycles. The van der Waals surface area contributed by atoms with E-state index in [1.54, 1.807) is 42.5 Å². The average Bonchev–Trinajstić information content (AvgIpc) is 3.10. The molecule has 1 aliphatic heterocycles. The van der Waals surface area contributed by atoms with Gasteiger partial charge in [-0.2, -0.15) is 0 Å². The topological polar surface area (TPSA) is 71.1 Å². The van der Waals surface area contributed by atoms with E-state index in [1.165, 1.54) is 13.2 Å². The fraction of sp³-hybridized carbons (Fsp3) is 0.120. The standard InChI is InChI=1S/C25H20O6/c1-3-29-21-10-5-4-7-16(21)14-23-24(26)20-12-11-19(15-22(20)31-23)30-25(27)17-8-6-9-18(13-17)28-2/h4-15H,3H2,1-2H3/b23-14-. The number of benzene rings is 3. The molecular weight excluding hydrogens is 396 g/mol. The van der Waals surface area contributed by atoms with Gasteiger partial charge in [-0.25, -0.2) is 4.79 Å². The Labute approximate surface area is 179 Å². The summed E-state index contributed by atoms with van der Waals surface area (Å²) in [5.74, 6) is 1.23. The Kier molecular flexibility index (Phi) is 5.71. The highest BCUT2D eigenvalue weighted by molar-refractivity contribution is 6.14. The molecule has 4 rings (SSSR count). The summed E-state index contributed by atoms with van der Waals surface area (Å²) in [6.45, 7) is 2.41. The molecule has 156 valence electrons. The Morgan fingerprint density at radius 2 is 1.84 bits per heavy atom. The number of hydrogen-bond donors (Lipinski definition) is 0. The average molecular weight is 416 g/mol.